The van der Waals surface area contributed by atoms with Crippen molar-refractivity contribution in [1.29, 1.82) is 0 Å². The van der Waals surface area contributed by atoms with E-state index >= 15 is 0 Å². The normalized spacial score (nSPS) is 18.0. The number of hydrogen-bond donors (Lipinski definition) is 2. The summed E-state index contributed by atoms with van der Waals surface area (Å²) in [6.07, 6.45) is 0.811. The van der Waals surface area contributed by atoms with Crippen molar-refractivity contribution in [3.63, 3.8) is 0 Å². The molecule has 2 rings (SSSR count). The summed E-state index contributed by atoms with van der Waals surface area (Å²) in [4.78, 5) is 25.4. The highest BCUT2D eigenvalue weighted by Crippen LogP contribution is 2.28. The Kier molecular flexibility index (Phi) is 4.21. The Morgan fingerprint density at radius 1 is 1.38 bits per heavy atom. The molecule has 1 atom stereocenters. The lowest BCUT2D eigenvalue weighted by molar-refractivity contribution is -0.139. The van der Waals surface area contributed by atoms with E-state index in [4.69, 9.17) is 0 Å². The fraction of sp³-hybridized carbons (Fsp3) is 0.500. The van der Waals surface area contributed by atoms with Gasteiger partial charge >= 0.3 is 12.0 Å². The maximum Gasteiger partial charge on any atom is 0.318 e. The first-order valence-electron chi connectivity index (χ1n) is 7.22. The summed E-state index contributed by atoms with van der Waals surface area (Å²) >= 11 is 0. The van der Waals surface area contributed by atoms with Crippen LogP contribution in [0.3, 0.4) is 0 Å². The highest BCUT2D eigenvalue weighted by Gasteiger charge is 2.33. The van der Waals surface area contributed by atoms with Gasteiger partial charge in [-0.3, -0.25) is 4.79 Å². The van der Waals surface area contributed by atoms with E-state index in [0.717, 1.165) is 17.5 Å². The lowest BCUT2D eigenvalue weighted by Crippen LogP contribution is -2.52. The van der Waals surface area contributed by atoms with Gasteiger partial charge in [0, 0.05) is 18.6 Å². The van der Waals surface area contributed by atoms with E-state index in [1.165, 1.54) is 0 Å². The van der Waals surface area contributed by atoms with Gasteiger partial charge in [0.15, 0.2) is 0 Å². The standard InChI is InChI=1S/C16H22N2O3/c1-4-16(2,3)17-15(21)18-9-11-7-5-6-8-12(11)13(10-18)14(19)20/h5-8,13H,4,9-10H2,1-3H3,(H,17,21)(H,19,20). The summed E-state index contributed by atoms with van der Waals surface area (Å²) < 4.78 is 0. The molecule has 0 aromatic heterocycles. The molecule has 0 aliphatic carbocycles. The molecule has 0 saturated heterocycles. The van der Waals surface area contributed by atoms with Gasteiger partial charge < -0.3 is 15.3 Å². The Bertz CT molecular complexity index is 554. The van der Waals surface area contributed by atoms with Gasteiger partial charge in [0.1, 0.15) is 0 Å². The number of carboxylic acid groups (broad SMARTS) is 1. The number of hydrogen-bond acceptors (Lipinski definition) is 2. The summed E-state index contributed by atoms with van der Waals surface area (Å²) in [6.45, 7) is 6.57. The molecule has 0 saturated carbocycles. The maximum atomic E-state index is 12.4. The van der Waals surface area contributed by atoms with Gasteiger partial charge in [-0.2, -0.15) is 0 Å². The third-order valence-corrected chi connectivity index (χ3v) is 4.11. The summed E-state index contributed by atoms with van der Waals surface area (Å²) in [5.74, 6) is -1.56. The van der Waals surface area contributed by atoms with E-state index in [1.807, 2.05) is 45.0 Å². The molecule has 0 fully saturated rings. The zero-order chi connectivity index (χ0) is 15.6. The molecule has 0 spiro atoms. The molecule has 1 aromatic rings. The molecule has 0 radical (unpaired) electrons. The SMILES string of the molecule is CCC(C)(C)NC(=O)N1Cc2ccccc2C(C(=O)O)C1. The molecule has 114 valence electrons. The predicted molar refractivity (Wildman–Crippen MR) is 80.1 cm³/mol. The van der Waals surface area contributed by atoms with Crippen LogP contribution in [0, 0.1) is 0 Å². The van der Waals surface area contributed by atoms with Crippen LogP contribution < -0.4 is 5.32 Å². The van der Waals surface area contributed by atoms with Crippen molar-refractivity contribution in [2.75, 3.05) is 6.54 Å². The van der Waals surface area contributed by atoms with Crippen LogP contribution in [0.4, 0.5) is 4.79 Å². The number of rotatable bonds is 3. The van der Waals surface area contributed by atoms with Crippen LogP contribution >= 0.6 is 0 Å². The number of carbonyl (C=O) groups is 2. The van der Waals surface area contributed by atoms with E-state index in [9.17, 15) is 14.7 Å². The molecule has 1 aliphatic rings. The van der Waals surface area contributed by atoms with Crippen molar-refractivity contribution in [2.45, 2.75) is 45.2 Å². The lowest BCUT2D eigenvalue weighted by Gasteiger charge is -2.35. The van der Waals surface area contributed by atoms with Crippen LogP contribution in [0.2, 0.25) is 0 Å². The molecule has 1 unspecified atom stereocenters. The zero-order valence-corrected chi connectivity index (χ0v) is 12.7. The third-order valence-electron chi connectivity index (χ3n) is 4.11. The highest BCUT2D eigenvalue weighted by atomic mass is 16.4. The van der Waals surface area contributed by atoms with E-state index in [2.05, 4.69) is 5.32 Å². The van der Waals surface area contributed by atoms with Gasteiger partial charge in [0.25, 0.3) is 0 Å². The molecular formula is C16H22N2O3. The number of nitrogens with zero attached hydrogens (tertiary/aromatic N) is 1. The highest BCUT2D eigenvalue weighted by molar-refractivity contribution is 5.81. The molecule has 1 aromatic carbocycles. The van der Waals surface area contributed by atoms with Crippen molar-refractivity contribution >= 4 is 12.0 Å². The van der Waals surface area contributed by atoms with Gasteiger partial charge in [-0.15, -0.1) is 0 Å². The Morgan fingerprint density at radius 2 is 2.05 bits per heavy atom. The van der Waals surface area contributed by atoms with Crippen LogP contribution in [-0.4, -0.2) is 34.1 Å². The number of aliphatic carboxylic acids is 1. The number of urea groups is 1. The number of nitrogens with one attached hydrogen (secondary N) is 1. The van der Waals surface area contributed by atoms with Gasteiger partial charge in [0.2, 0.25) is 0 Å². The van der Waals surface area contributed by atoms with Crippen LogP contribution in [0.25, 0.3) is 0 Å². The van der Waals surface area contributed by atoms with Crippen LogP contribution in [0.5, 0.6) is 0 Å². The topological polar surface area (TPSA) is 69.6 Å². The zero-order valence-electron chi connectivity index (χ0n) is 12.7. The van der Waals surface area contributed by atoms with Crippen molar-refractivity contribution in [3.8, 4) is 0 Å². The number of fused-ring (bicyclic) bond motifs is 1. The number of carbonyl (C=O) groups excluding carboxylic acids is 1. The molecule has 1 aliphatic heterocycles. The molecular weight excluding hydrogens is 268 g/mol. The molecule has 21 heavy (non-hydrogen) atoms. The van der Waals surface area contributed by atoms with Crippen molar-refractivity contribution in [3.05, 3.63) is 35.4 Å². The average molecular weight is 290 g/mol. The average Bonchev–Trinajstić information content (AvgIpc) is 2.45. The van der Waals surface area contributed by atoms with Crippen molar-refractivity contribution in [2.24, 2.45) is 0 Å². The van der Waals surface area contributed by atoms with E-state index in [1.54, 1.807) is 4.90 Å². The maximum absolute atomic E-state index is 12.4. The van der Waals surface area contributed by atoms with E-state index in [0.29, 0.717) is 6.54 Å². The van der Waals surface area contributed by atoms with Crippen molar-refractivity contribution < 1.29 is 14.7 Å². The Morgan fingerprint density at radius 3 is 2.67 bits per heavy atom. The molecule has 1 heterocycles. The molecule has 0 bridgehead atoms. The molecule has 2 amide bonds. The Balaban J connectivity index is 2.22. The third kappa shape index (κ3) is 3.35. The lowest BCUT2D eigenvalue weighted by atomic mass is 9.90. The van der Waals surface area contributed by atoms with Crippen LogP contribution in [0.1, 0.15) is 44.2 Å². The summed E-state index contributed by atoms with van der Waals surface area (Å²) in [5, 5.41) is 12.4. The van der Waals surface area contributed by atoms with Crippen molar-refractivity contribution in [1.82, 2.24) is 10.2 Å². The fourth-order valence-electron chi connectivity index (χ4n) is 2.43. The summed E-state index contributed by atoms with van der Waals surface area (Å²) in [7, 11) is 0. The minimum absolute atomic E-state index is 0.206. The molecule has 2 N–H and O–H groups in total. The quantitative estimate of drug-likeness (QED) is 0.899. The van der Waals surface area contributed by atoms with Crippen LogP contribution in [-0.2, 0) is 11.3 Å². The number of amides is 2. The smallest absolute Gasteiger partial charge is 0.318 e. The van der Waals surface area contributed by atoms with Gasteiger partial charge in [-0.25, -0.2) is 4.79 Å². The number of carboxylic acids is 1. The molecule has 5 heteroatoms. The fourth-order valence-corrected chi connectivity index (χ4v) is 2.43. The van der Waals surface area contributed by atoms with Gasteiger partial charge in [-0.1, -0.05) is 31.2 Å². The number of benzene rings is 1. The second-order valence-electron chi connectivity index (χ2n) is 6.14. The Hall–Kier alpha value is -2.04. The van der Waals surface area contributed by atoms with Crippen LogP contribution in [0.15, 0.2) is 24.3 Å². The predicted octanol–water partition coefficient (Wildman–Crippen LogP) is 2.57. The summed E-state index contributed by atoms with van der Waals surface area (Å²) in [6, 6.07) is 7.22. The second kappa shape index (κ2) is 5.76. The first-order valence-corrected chi connectivity index (χ1v) is 7.22. The molecule has 5 nitrogen and oxygen atoms in total. The van der Waals surface area contributed by atoms with Gasteiger partial charge in [0.05, 0.1) is 5.92 Å². The summed E-state index contributed by atoms with van der Waals surface area (Å²) in [5.41, 5.74) is 1.41. The van der Waals surface area contributed by atoms with Gasteiger partial charge in [-0.05, 0) is 31.4 Å². The first kappa shape index (κ1) is 15.4. The van der Waals surface area contributed by atoms with E-state index < -0.39 is 11.9 Å². The minimum atomic E-state index is -0.894. The Labute approximate surface area is 125 Å². The monoisotopic (exact) mass is 290 g/mol. The minimum Gasteiger partial charge on any atom is -0.481 e. The largest absolute Gasteiger partial charge is 0.481 e. The van der Waals surface area contributed by atoms with E-state index in [-0.39, 0.29) is 18.1 Å². The second-order valence-corrected chi connectivity index (χ2v) is 6.14. The first-order chi connectivity index (χ1) is 9.84.